The number of halogens is 1. The minimum Gasteiger partial charge on any atom is -0.489 e. The molecule has 0 atom stereocenters. The predicted octanol–water partition coefficient (Wildman–Crippen LogP) is 6.24. The summed E-state index contributed by atoms with van der Waals surface area (Å²) in [6.45, 7) is 2.03. The van der Waals surface area contributed by atoms with Crippen LogP contribution in [-0.2, 0) is 6.61 Å². The number of imidazole rings is 1. The molecule has 9 heteroatoms. The molecule has 192 valence electrons. The van der Waals surface area contributed by atoms with Crippen molar-refractivity contribution in [2.24, 2.45) is 0 Å². The Labute approximate surface area is 219 Å². The smallest absolute Gasteiger partial charge is 0.150 e. The number of aryl methyl sites for hydroxylation is 1. The maximum Gasteiger partial charge on any atom is 0.150 e. The van der Waals surface area contributed by atoms with Crippen LogP contribution < -0.4 is 15.2 Å². The van der Waals surface area contributed by atoms with E-state index in [0.717, 1.165) is 41.0 Å². The molecule has 2 aromatic carbocycles. The number of aromatic nitrogens is 5. The molecule has 0 amide bonds. The Kier molecular flexibility index (Phi) is 6.33. The van der Waals surface area contributed by atoms with E-state index in [4.69, 9.17) is 20.2 Å². The number of anilines is 1. The van der Waals surface area contributed by atoms with Gasteiger partial charge in [0, 0.05) is 60.0 Å². The summed E-state index contributed by atoms with van der Waals surface area (Å²) in [7, 11) is 0. The lowest BCUT2D eigenvalue weighted by Gasteiger charge is -2.10. The standard InChI is InChI=1S/C29H27FN6O2/c1-18-33-15-19(16-34-18)17-37-24-12-22(30)13-25(14-24)38-23-8-6-20(7-9-23)26-27-28(31)32-10-11-36(27)29(35-26)21-4-2-3-5-21/h6-16,21H,2-5,17H2,1H3,(H2,31,32). The summed E-state index contributed by atoms with van der Waals surface area (Å²) in [6, 6.07) is 11.8. The zero-order chi connectivity index (χ0) is 26.1. The summed E-state index contributed by atoms with van der Waals surface area (Å²) in [5, 5.41) is 0. The lowest BCUT2D eigenvalue weighted by molar-refractivity contribution is 0.301. The largest absolute Gasteiger partial charge is 0.489 e. The van der Waals surface area contributed by atoms with E-state index >= 15 is 0 Å². The van der Waals surface area contributed by atoms with E-state index < -0.39 is 5.82 Å². The van der Waals surface area contributed by atoms with Crippen molar-refractivity contribution < 1.29 is 13.9 Å². The second-order valence-electron chi connectivity index (χ2n) is 9.51. The first-order chi connectivity index (χ1) is 18.5. The normalized spacial score (nSPS) is 13.7. The molecule has 1 saturated carbocycles. The fourth-order valence-electron chi connectivity index (χ4n) is 4.92. The van der Waals surface area contributed by atoms with Gasteiger partial charge in [-0.2, -0.15) is 0 Å². The Balaban J connectivity index is 1.22. The Bertz CT molecular complexity index is 1580. The van der Waals surface area contributed by atoms with Gasteiger partial charge in [-0.25, -0.2) is 24.3 Å². The van der Waals surface area contributed by atoms with Gasteiger partial charge in [0.05, 0.1) is 0 Å². The fraction of sp³-hybridized carbons (Fsp3) is 0.241. The Morgan fingerprint density at radius 1 is 0.974 bits per heavy atom. The Morgan fingerprint density at radius 3 is 2.47 bits per heavy atom. The van der Waals surface area contributed by atoms with Gasteiger partial charge in [0.1, 0.15) is 58.3 Å². The maximum absolute atomic E-state index is 14.3. The topological polar surface area (TPSA) is 100 Å². The van der Waals surface area contributed by atoms with Crippen molar-refractivity contribution in [1.82, 2.24) is 24.3 Å². The van der Waals surface area contributed by atoms with Crippen molar-refractivity contribution in [1.29, 1.82) is 0 Å². The number of hydrogen-bond acceptors (Lipinski definition) is 7. The molecule has 3 aromatic heterocycles. The zero-order valence-electron chi connectivity index (χ0n) is 21.0. The highest BCUT2D eigenvalue weighted by molar-refractivity contribution is 5.85. The molecule has 0 spiro atoms. The van der Waals surface area contributed by atoms with Crippen LogP contribution in [0.1, 0.15) is 48.8 Å². The third kappa shape index (κ3) is 4.87. The molecule has 2 N–H and O–H groups in total. The van der Waals surface area contributed by atoms with Gasteiger partial charge in [0.15, 0.2) is 0 Å². The Morgan fingerprint density at radius 2 is 1.71 bits per heavy atom. The lowest BCUT2D eigenvalue weighted by Crippen LogP contribution is -2.01. The second-order valence-corrected chi connectivity index (χ2v) is 9.51. The first-order valence-electron chi connectivity index (χ1n) is 12.6. The highest BCUT2D eigenvalue weighted by atomic mass is 19.1. The molecule has 1 fully saturated rings. The van der Waals surface area contributed by atoms with Crippen molar-refractivity contribution in [2.75, 3.05) is 5.73 Å². The average Bonchev–Trinajstić information content (AvgIpc) is 3.58. The number of nitrogen functional groups attached to an aromatic ring is 1. The summed E-state index contributed by atoms with van der Waals surface area (Å²) >= 11 is 0. The molecule has 0 saturated heterocycles. The monoisotopic (exact) mass is 510 g/mol. The summed E-state index contributed by atoms with van der Waals surface area (Å²) in [6.07, 6.45) is 11.7. The lowest BCUT2D eigenvalue weighted by atomic mass is 10.1. The number of benzene rings is 2. The van der Waals surface area contributed by atoms with Gasteiger partial charge in [0.25, 0.3) is 0 Å². The van der Waals surface area contributed by atoms with Crippen LogP contribution >= 0.6 is 0 Å². The molecule has 1 aliphatic rings. The molecular formula is C29H27FN6O2. The minimum atomic E-state index is -0.457. The second kappa shape index (κ2) is 10.1. The van der Waals surface area contributed by atoms with E-state index in [-0.39, 0.29) is 6.61 Å². The molecule has 38 heavy (non-hydrogen) atoms. The van der Waals surface area contributed by atoms with Crippen molar-refractivity contribution in [3.8, 4) is 28.5 Å². The van der Waals surface area contributed by atoms with Gasteiger partial charge in [-0.3, -0.25) is 4.40 Å². The van der Waals surface area contributed by atoms with Crippen LogP contribution in [-0.4, -0.2) is 24.3 Å². The molecule has 0 aliphatic heterocycles. The van der Waals surface area contributed by atoms with Gasteiger partial charge >= 0.3 is 0 Å². The quantitative estimate of drug-likeness (QED) is 0.276. The van der Waals surface area contributed by atoms with Gasteiger partial charge in [-0.1, -0.05) is 12.8 Å². The molecule has 6 rings (SSSR count). The fourth-order valence-corrected chi connectivity index (χ4v) is 4.92. The SMILES string of the molecule is Cc1ncc(COc2cc(F)cc(Oc3ccc(-c4nc(C5CCCC5)n5ccnc(N)c45)cc3)c2)cn1. The summed E-state index contributed by atoms with van der Waals surface area (Å²) in [4.78, 5) is 17.6. The number of nitrogens with two attached hydrogens (primary N) is 1. The number of ether oxygens (including phenoxy) is 2. The van der Waals surface area contributed by atoms with Gasteiger partial charge in [0.2, 0.25) is 0 Å². The van der Waals surface area contributed by atoms with E-state index in [2.05, 4.69) is 19.4 Å². The van der Waals surface area contributed by atoms with Gasteiger partial charge in [-0.15, -0.1) is 0 Å². The predicted molar refractivity (Wildman–Crippen MR) is 142 cm³/mol. The highest BCUT2D eigenvalue weighted by Crippen LogP contribution is 2.38. The summed E-state index contributed by atoms with van der Waals surface area (Å²) in [5.74, 6) is 3.36. The number of rotatable bonds is 7. The zero-order valence-corrected chi connectivity index (χ0v) is 21.0. The van der Waals surface area contributed by atoms with Crippen molar-refractivity contribution in [2.45, 2.75) is 45.1 Å². The summed E-state index contributed by atoms with van der Waals surface area (Å²) in [5.41, 5.74) is 9.59. The summed E-state index contributed by atoms with van der Waals surface area (Å²) < 4.78 is 28.1. The average molecular weight is 511 g/mol. The van der Waals surface area contributed by atoms with Crippen LogP contribution in [0.25, 0.3) is 16.8 Å². The third-order valence-electron chi connectivity index (χ3n) is 6.78. The molecule has 1 aliphatic carbocycles. The van der Waals surface area contributed by atoms with E-state index in [9.17, 15) is 4.39 Å². The molecule has 0 bridgehead atoms. The van der Waals surface area contributed by atoms with E-state index in [0.29, 0.717) is 34.8 Å². The van der Waals surface area contributed by atoms with Crippen molar-refractivity contribution in [3.63, 3.8) is 0 Å². The van der Waals surface area contributed by atoms with Crippen LogP contribution in [0.5, 0.6) is 17.2 Å². The number of nitrogens with zero attached hydrogens (tertiary/aromatic N) is 5. The number of hydrogen-bond donors (Lipinski definition) is 1. The van der Waals surface area contributed by atoms with Crippen LogP contribution in [0, 0.1) is 12.7 Å². The van der Waals surface area contributed by atoms with Gasteiger partial charge < -0.3 is 15.2 Å². The van der Waals surface area contributed by atoms with Crippen LogP contribution in [0.4, 0.5) is 10.2 Å². The van der Waals surface area contributed by atoms with Crippen LogP contribution in [0.2, 0.25) is 0 Å². The molecule has 3 heterocycles. The molecule has 8 nitrogen and oxygen atoms in total. The van der Waals surface area contributed by atoms with E-state index in [1.165, 1.54) is 25.0 Å². The van der Waals surface area contributed by atoms with E-state index in [1.54, 1.807) is 24.7 Å². The first kappa shape index (κ1) is 23.8. The number of fused-ring (bicyclic) bond motifs is 1. The highest BCUT2D eigenvalue weighted by Gasteiger charge is 2.25. The van der Waals surface area contributed by atoms with Crippen LogP contribution in [0.3, 0.4) is 0 Å². The first-order valence-corrected chi connectivity index (χ1v) is 12.6. The van der Waals surface area contributed by atoms with E-state index in [1.807, 2.05) is 37.4 Å². The maximum atomic E-state index is 14.3. The molecule has 5 aromatic rings. The van der Waals surface area contributed by atoms with Crippen LogP contribution in [0.15, 0.2) is 67.3 Å². The minimum absolute atomic E-state index is 0.220. The van der Waals surface area contributed by atoms with Crippen molar-refractivity contribution in [3.05, 3.63) is 90.3 Å². The third-order valence-corrected chi connectivity index (χ3v) is 6.78. The molecule has 0 unspecified atom stereocenters. The molecule has 0 radical (unpaired) electrons. The van der Waals surface area contributed by atoms with Gasteiger partial charge in [-0.05, 0) is 44.0 Å². The van der Waals surface area contributed by atoms with Crippen molar-refractivity contribution >= 4 is 11.3 Å². The Hall–Kier alpha value is -4.53. The molecular weight excluding hydrogens is 483 g/mol.